The number of nitrogens with zero attached hydrogens (tertiary/aromatic N) is 1. The number of aliphatic carboxylic acids is 1. The second-order valence-electron chi connectivity index (χ2n) is 7.34. The minimum Gasteiger partial charge on any atom is -0.493 e. The second kappa shape index (κ2) is 9.36. The maximum atomic E-state index is 13.4. The van der Waals surface area contributed by atoms with Crippen molar-refractivity contribution in [3.05, 3.63) is 58.1 Å². The maximum absolute atomic E-state index is 13.4. The molecule has 2 aromatic carbocycles. The molecule has 1 aliphatic rings. The first kappa shape index (κ1) is 23.2. The number of carbonyl (C=O) groups is 1. The molecule has 3 rings (SSSR count). The Kier molecular flexibility index (Phi) is 7.01. The van der Waals surface area contributed by atoms with Gasteiger partial charge in [0.25, 0.3) is 0 Å². The molecule has 1 saturated heterocycles. The fourth-order valence-corrected chi connectivity index (χ4v) is 4.25. The predicted octanol–water partition coefficient (Wildman–Crippen LogP) is 5.40. The average Bonchev–Trinajstić information content (AvgIpc) is 2.74. The number of likely N-dealkylation sites (tertiary alicyclic amines) is 1. The van der Waals surface area contributed by atoms with Crippen LogP contribution in [0.15, 0.2) is 36.4 Å². The van der Waals surface area contributed by atoms with Crippen molar-refractivity contribution in [1.82, 2.24) is 4.90 Å². The van der Waals surface area contributed by atoms with Crippen LogP contribution in [0.2, 0.25) is 5.02 Å². The van der Waals surface area contributed by atoms with E-state index in [0.717, 1.165) is 25.0 Å². The van der Waals surface area contributed by atoms with Gasteiger partial charge in [0.15, 0.2) is 11.5 Å². The summed E-state index contributed by atoms with van der Waals surface area (Å²) in [5, 5.41) is 9.92. The summed E-state index contributed by atoms with van der Waals surface area (Å²) < 4.78 is 50.9. The molecule has 0 radical (unpaired) electrons. The highest BCUT2D eigenvalue weighted by atomic mass is 35.5. The van der Waals surface area contributed by atoms with E-state index in [1.54, 1.807) is 23.1 Å². The lowest BCUT2D eigenvalue weighted by molar-refractivity contribution is -0.145. The lowest BCUT2D eigenvalue weighted by Gasteiger charge is -2.40. The van der Waals surface area contributed by atoms with Gasteiger partial charge in [-0.1, -0.05) is 24.1 Å². The maximum Gasteiger partial charge on any atom is 0.416 e. The summed E-state index contributed by atoms with van der Waals surface area (Å²) in [6.45, 7) is 0.405. The molecule has 31 heavy (non-hydrogen) atoms. The van der Waals surface area contributed by atoms with Crippen molar-refractivity contribution in [2.75, 3.05) is 20.8 Å². The fourth-order valence-electron chi connectivity index (χ4n) is 4.03. The summed E-state index contributed by atoms with van der Waals surface area (Å²) in [6, 6.07) is 6.44. The number of methoxy groups -OCH3 is 2. The van der Waals surface area contributed by atoms with Gasteiger partial charge in [-0.25, -0.2) is 0 Å². The zero-order chi connectivity index (χ0) is 22.8. The number of rotatable bonds is 6. The van der Waals surface area contributed by atoms with E-state index in [9.17, 15) is 23.1 Å². The summed E-state index contributed by atoms with van der Waals surface area (Å²) in [6.07, 6.45) is -2.71. The smallest absolute Gasteiger partial charge is 0.416 e. The highest BCUT2D eigenvalue weighted by molar-refractivity contribution is 6.31. The van der Waals surface area contributed by atoms with Gasteiger partial charge < -0.3 is 14.6 Å². The lowest BCUT2D eigenvalue weighted by atomic mass is 9.90. The van der Waals surface area contributed by atoms with Crippen LogP contribution in [0, 0.1) is 0 Å². The van der Waals surface area contributed by atoms with Gasteiger partial charge in [-0.15, -0.1) is 0 Å². The van der Waals surface area contributed by atoms with Crippen LogP contribution < -0.4 is 9.47 Å². The third-order valence-electron chi connectivity index (χ3n) is 5.50. The van der Waals surface area contributed by atoms with Crippen LogP contribution in [0.5, 0.6) is 11.5 Å². The number of alkyl halides is 3. The molecule has 0 aromatic heterocycles. The summed E-state index contributed by atoms with van der Waals surface area (Å²) >= 11 is 6.37. The normalized spacial score (nSPS) is 18.5. The Balaban J connectivity index is 2.22. The van der Waals surface area contributed by atoms with E-state index in [2.05, 4.69) is 0 Å². The molecular formula is C22H23ClF3NO4. The van der Waals surface area contributed by atoms with E-state index in [1.807, 2.05) is 0 Å². The minimum absolute atomic E-state index is 0.127. The Labute approximate surface area is 183 Å². The lowest BCUT2D eigenvalue weighted by Crippen LogP contribution is -2.47. The fraction of sp³-hybridized carbons (Fsp3) is 0.409. The summed E-state index contributed by atoms with van der Waals surface area (Å²) in [7, 11) is 2.93. The molecule has 0 spiro atoms. The summed E-state index contributed by atoms with van der Waals surface area (Å²) in [4.78, 5) is 13.7. The average molecular weight is 458 g/mol. The van der Waals surface area contributed by atoms with Crippen LogP contribution in [-0.2, 0) is 11.0 Å². The van der Waals surface area contributed by atoms with Gasteiger partial charge >= 0.3 is 12.1 Å². The molecule has 2 unspecified atom stereocenters. The van der Waals surface area contributed by atoms with E-state index in [1.165, 1.54) is 20.3 Å². The number of carboxylic acid groups (broad SMARTS) is 1. The van der Waals surface area contributed by atoms with Crippen LogP contribution in [0.1, 0.15) is 42.0 Å². The van der Waals surface area contributed by atoms with Gasteiger partial charge in [-0.2, -0.15) is 13.2 Å². The van der Waals surface area contributed by atoms with Crippen molar-refractivity contribution in [1.29, 1.82) is 0 Å². The molecule has 0 amide bonds. The van der Waals surface area contributed by atoms with Gasteiger partial charge in [-0.3, -0.25) is 9.69 Å². The van der Waals surface area contributed by atoms with E-state index >= 15 is 0 Å². The van der Waals surface area contributed by atoms with E-state index in [4.69, 9.17) is 21.1 Å². The van der Waals surface area contributed by atoms with E-state index in [0.29, 0.717) is 30.0 Å². The molecule has 2 atom stereocenters. The highest BCUT2D eigenvalue weighted by Crippen LogP contribution is 2.42. The van der Waals surface area contributed by atoms with E-state index in [-0.39, 0.29) is 10.6 Å². The van der Waals surface area contributed by atoms with Crippen LogP contribution in [0.3, 0.4) is 0 Å². The number of hydrogen-bond donors (Lipinski definition) is 1. The number of piperidine rings is 1. The first-order valence-corrected chi connectivity index (χ1v) is 10.1. The largest absolute Gasteiger partial charge is 0.493 e. The molecule has 5 nitrogen and oxygen atoms in total. The van der Waals surface area contributed by atoms with Crippen LogP contribution >= 0.6 is 11.6 Å². The quantitative estimate of drug-likeness (QED) is 0.629. The van der Waals surface area contributed by atoms with Gasteiger partial charge in [0.2, 0.25) is 0 Å². The zero-order valence-corrected chi connectivity index (χ0v) is 17.8. The van der Waals surface area contributed by atoms with Crippen molar-refractivity contribution in [3.63, 3.8) is 0 Å². The highest BCUT2D eigenvalue weighted by Gasteiger charge is 2.38. The third kappa shape index (κ3) is 4.91. The summed E-state index contributed by atoms with van der Waals surface area (Å²) in [5.41, 5.74) is -0.0925. The number of carboxylic acids is 1. The Morgan fingerprint density at radius 2 is 1.84 bits per heavy atom. The second-order valence-corrected chi connectivity index (χ2v) is 7.75. The van der Waals surface area contributed by atoms with Crippen molar-refractivity contribution in [3.8, 4) is 11.5 Å². The zero-order valence-electron chi connectivity index (χ0n) is 17.1. The number of ether oxygens (including phenoxy) is 2. The van der Waals surface area contributed by atoms with Crippen molar-refractivity contribution in [2.45, 2.75) is 37.5 Å². The Hall–Kier alpha value is -2.45. The van der Waals surface area contributed by atoms with Gasteiger partial charge in [0.1, 0.15) is 6.04 Å². The predicted molar refractivity (Wildman–Crippen MR) is 110 cm³/mol. The van der Waals surface area contributed by atoms with E-state index < -0.39 is 29.8 Å². The molecule has 1 aliphatic heterocycles. The number of halogens is 4. The van der Waals surface area contributed by atoms with Crippen molar-refractivity contribution < 1.29 is 32.5 Å². The third-order valence-corrected chi connectivity index (χ3v) is 5.85. The molecule has 0 bridgehead atoms. The molecule has 168 valence electrons. The first-order valence-electron chi connectivity index (χ1n) is 9.74. The number of benzene rings is 2. The van der Waals surface area contributed by atoms with Crippen LogP contribution in [0.25, 0.3) is 0 Å². The topological polar surface area (TPSA) is 59.0 Å². The standard InChI is InChI=1S/C22H23ClF3NO4/c1-30-18-9-6-13(11-19(18)31-2)20(27-10-4-3-5-17(27)21(28)29)15-12-14(22(24,25)26)7-8-16(15)23/h6-9,11-12,17,20H,3-5,10H2,1-2H3,(H,28,29). The van der Waals surface area contributed by atoms with Gasteiger partial charge in [-0.05, 0) is 60.8 Å². The molecule has 0 saturated carbocycles. The SMILES string of the molecule is COc1ccc(C(c2cc(C(F)(F)F)ccc2Cl)N2CCCCC2C(=O)O)cc1OC. The van der Waals surface area contributed by atoms with Crippen molar-refractivity contribution in [2.24, 2.45) is 0 Å². The Morgan fingerprint density at radius 3 is 2.45 bits per heavy atom. The van der Waals surface area contributed by atoms with Crippen LogP contribution in [0.4, 0.5) is 13.2 Å². The van der Waals surface area contributed by atoms with Crippen molar-refractivity contribution >= 4 is 17.6 Å². The van der Waals surface area contributed by atoms with Gasteiger partial charge in [0.05, 0.1) is 25.8 Å². The molecule has 1 heterocycles. The molecule has 2 aromatic rings. The Bertz CT molecular complexity index is 951. The minimum atomic E-state index is -4.56. The first-order chi connectivity index (χ1) is 14.7. The molecule has 0 aliphatic carbocycles. The molecule has 1 N–H and O–H groups in total. The molecule has 9 heteroatoms. The Morgan fingerprint density at radius 1 is 1.13 bits per heavy atom. The van der Waals surface area contributed by atoms with Gasteiger partial charge in [0, 0.05) is 5.02 Å². The number of hydrogen-bond acceptors (Lipinski definition) is 4. The molecule has 1 fully saturated rings. The van der Waals surface area contributed by atoms with Crippen LogP contribution in [-0.4, -0.2) is 42.8 Å². The molecular weight excluding hydrogens is 435 g/mol. The summed E-state index contributed by atoms with van der Waals surface area (Å²) in [5.74, 6) is -0.182. The monoisotopic (exact) mass is 457 g/mol.